The van der Waals surface area contributed by atoms with Crippen LogP contribution in [-0.2, 0) is 12.1 Å². The van der Waals surface area contributed by atoms with Crippen LogP contribution in [0.25, 0.3) is 0 Å². The second-order valence-electron chi connectivity index (χ2n) is 5.89. The molecule has 0 radical (unpaired) electrons. The van der Waals surface area contributed by atoms with Crippen LogP contribution in [0.15, 0.2) is 46.0 Å². The Kier molecular flexibility index (Phi) is 9.59. The first-order valence-corrected chi connectivity index (χ1v) is 8.34. The van der Waals surface area contributed by atoms with Gasteiger partial charge in [0.2, 0.25) is 0 Å². The van der Waals surface area contributed by atoms with Gasteiger partial charge in [-0.05, 0) is 38.1 Å². The molecule has 1 unspecified atom stereocenters. The van der Waals surface area contributed by atoms with Gasteiger partial charge in [0.15, 0.2) is 5.96 Å². The van der Waals surface area contributed by atoms with Crippen LogP contribution in [0.5, 0.6) is 5.75 Å². The summed E-state index contributed by atoms with van der Waals surface area (Å²) in [5, 5.41) is 16.3. The molecule has 1 aromatic carbocycles. The van der Waals surface area contributed by atoms with Crippen LogP contribution < -0.4 is 15.4 Å². The van der Waals surface area contributed by atoms with E-state index in [1.807, 2.05) is 6.92 Å². The Morgan fingerprint density at radius 3 is 2.64 bits per heavy atom. The van der Waals surface area contributed by atoms with Crippen molar-refractivity contribution in [3.05, 3.63) is 53.7 Å². The van der Waals surface area contributed by atoms with E-state index in [2.05, 4.69) is 20.4 Å². The number of furan rings is 1. The lowest BCUT2D eigenvalue weighted by Crippen LogP contribution is -2.44. The minimum Gasteiger partial charge on any atom is -0.466 e. The predicted octanol–water partition coefficient (Wildman–Crippen LogP) is 3.60. The molecule has 2 rings (SSSR count). The van der Waals surface area contributed by atoms with Crippen LogP contribution in [0.4, 0.5) is 13.2 Å². The summed E-state index contributed by atoms with van der Waals surface area (Å²) in [6.07, 6.45) is 1.45. The zero-order chi connectivity index (χ0) is 19.9. The molecule has 1 heterocycles. The summed E-state index contributed by atoms with van der Waals surface area (Å²) in [7, 11) is 0. The van der Waals surface area contributed by atoms with Gasteiger partial charge in [0, 0.05) is 6.54 Å². The Hall–Kier alpha value is -1.95. The van der Waals surface area contributed by atoms with Crippen LogP contribution in [0.3, 0.4) is 0 Å². The highest BCUT2D eigenvalue weighted by molar-refractivity contribution is 14.0. The molecule has 10 heteroatoms. The number of guanidine groups is 1. The van der Waals surface area contributed by atoms with Gasteiger partial charge in [-0.1, -0.05) is 6.07 Å². The van der Waals surface area contributed by atoms with E-state index in [1.165, 1.54) is 18.4 Å². The molecule has 3 N–H and O–H groups in total. The number of hydrogen-bond donors (Lipinski definition) is 3. The van der Waals surface area contributed by atoms with Crippen molar-refractivity contribution < 1.29 is 27.4 Å². The van der Waals surface area contributed by atoms with E-state index < -0.39 is 18.0 Å². The highest BCUT2D eigenvalue weighted by Gasteiger charge is 2.26. The third kappa shape index (κ3) is 6.89. The summed E-state index contributed by atoms with van der Waals surface area (Å²) in [5.74, 6) is -0.328. The molecule has 0 aliphatic heterocycles. The quantitative estimate of drug-likeness (QED) is 0.286. The minimum absolute atomic E-state index is 0. The lowest BCUT2D eigenvalue weighted by molar-refractivity contribution is -0.0506. The number of alkyl halides is 2. The van der Waals surface area contributed by atoms with E-state index in [0.717, 1.165) is 6.07 Å². The topological polar surface area (TPSA) is 79.0 Å². The van der Waals surface area contributed by atoms with Gasteiger partial charge in [-0.3, -0.25) is 0 Å². The number of halogens is 4. The lowest BCUT2D eigenvalue weighted by Gasteiger charge is -2.22. The number of rotatable bonds is 8. The van der Waals surface area contributed by atoms with Crippen LogP contribution in [-0.4, -0.2) is 30.8 Å². The molecule has 0 saturated heterocycles. The molecular weight excluding hydrogens is 490 g/mol. The van der Waals surface area contributed by atoms with Crippen molar-refractivity contribution in [1.29, 1.82) is 0 Å². The smallest absolute Gasteiger partial charge is 0.387 e. The minimum atomic E-state index is -3.07. The van der Waals surface area contributed by atoms with Crippen molar-refractivity contribution >= 4 is 29.9 Å². The summed E-state index contributed by atoms with van der Waals surface area (Å²) >= 11 is 0. The number of nitrogens with zero attached hydrogens (tertiary/aromatic N) is 1. The van der Waals surface area contributed by atoms with Crippen LogP contribution in [0, 0.1) is 5.82 Å². The molecule has 0 aliphatic carbocycles. The number of aliphatic imine (C=N–C) groups is 1. The van der Waals surface area contributed by atoms with Crippen molar-refractivity contribution in [3.63, 3.8) is 0 Å². The number of aliphatic hydroxyl groups is 1. The summed E-state index contributed by atoms with van der Waals surface area (Å²) in [4.78, 5) is 4.18. The zero-order valence-corrected chi connectivity index (χ0v) is 17.7. The first-order valence-electron chi connectivity index (χ1n) is 8.34. The predicted molar refractivity (Wildman–Crippen MR) is 110 cm³/mol. The van der Waals surface area contributed by atoms with Crippen LogP contribution in [0.2, 0.25) is 0 Å². The van der Waals surface area contributed by atoms with Crippen molar-refractivity contribution in [1.82, 2.24) is 10.6 Å². The normalized spacial score (nSPS) is 13.6. The second kappa shape index (κ2) is 11.1. The van der Waals surface area contributed by atoms with Crippen LogP contribution in [0.1, 0.15) is 25.2 Å². The highest BCUT2D eigenvalue weighted by Crippen LogP contribution is 2.24. The Balaban J connectivity index is 0.00000392. The fourth-order valence-electron chi connectivity index (χ4n) is 2.33. The van der Waals surface area contributed by atoms with Gasteiger partial charge < -0.3 is 24.9 Å². The highest BCUT2D eigenvalue weighted by atomic mass is 127. The molecule has 0 bridgehead atoms. The fraction of sp³-hybridized carbons (Fsp3) is 0.389. The summed E-state index contributed by atoms with van der Waals surface area (Å²) in [5.41, 5.74) is -1.39. The molecule has 0 saturated carbocycles. The maximum absolute atomic E-state index is 14.0. The molecule has 6 nitrogen and oxygen atoms in total. The fourth-order valence-corrected chi connectivity index (χ4v) is 2.33. The Bertz CT molecular complexity index is 756. The van der Waals surface area contributed by atoms with Gasteiger partial charge in [0.25, 0.3) is 0 Å². The van der Waals surface area contributed by atoms with Crippen molar-refractivity contribution in [2.75, 3.05) is 13.1 Å². The monoisotopic (exact) mass is 513 g/mol. The van der Waals surface area contributed by atoms with Gasteiger partial charge in [0.05, 0.1) is 24.9 Å². The lowest BCUT2D eigenvalue weighted by atomic mass is 10.0. The molecule has 0 aliphatic rings. The van der Waals surface area contributed by atoms with Crippen molar-refractivity contribution in [2.24, 2.45) is 4.99 Å². The van der Waals surface area contributed by atoms with E-state index >= 15 is 0 Å². The van der Waals surface area contributed by atoms with Gasteiger partial charge in [-0.15, -0.1) is 24.0 Å². The maximum atomic E-state index is 14.0. The standard InChI is InChI=1S/C18H22F3N3O3.HI/c1-3-22-17(24-11-18(2,25)15-8-5-9-26-15)23-10-12-13(19)6-4-7-14(12)27-16(20)21;/h4-9,16,25H,3,10-11H2,1-2H3,(H2,22,23,24);1H. The van der Waals surface area contributed by atoms with E-state index in [4.69, 9.17) is 4.42 Å². The Morgan fingerprint density at radius 1 is 1.29 bits per heavy atom. The second-order valence-corrected chi connectivity index (χ2v) is 5.89. The molecule has 0 fully saturated rings. The summed E-state index contributed by atoms with van der Waals surface area (Å²) in [6, 6.07) is 6.97. The first-order chi connectivity index (χ1) is 12.8. The molecule has 0 spiro atoms. The number of ether oxygens (including phenoxy) is 1. The van der Waals surface area contributed by atoms with Gasteiger partial charge in [0.1, 0.15) is 22.9 Å². The van der Waals surface area contributed by atoms with E-state index in [9.17, 15) is 18.3 Å². The number of nitrogens with one attached hydrogen (secondary N) is 2. The van der Waals surface area contributed by atoms with E-state index in [-0.39, 0.29) is 54.3 Å². The van der Waals surface area contributed by atoms with Gasteiger partial charge in [-0.2, -0.15) is 8.78 Å². The maximum Gasteiger partial charge on any atom is 0.387 e. The molecule has 28 heavy (non-hydrogen) atoms. The largest absolute Gasteiger partial charge is 0.466 e. The number of benzene rings is 1. The average molecular weight is 513 g/mol. The Morgan fingerprint density at radius 2 is 2.04 bits per heavy atom. The SMILES string of the molecule is CCNC(=NCc1c(F)cccc1OC(F)F)NCC(C)(O)c1ccco1.I. The third-order valence-corrected chi connectivity index (χ3v) is 3.68. The van der Waals surface area contributed by atoms with E-state index in [1.54, 1.807) is 19.1 Å². The summed E-state index contributed by atoms with van der Waals surface area (Å²) < 4.78 is 48.5. The molecule has 0 amide bonds. The molecular formula is C18H23F3IN3O3. The molecule has 2 aromatic rings. The Labute approximate surface area is 178 Å². The van der Waals surface area contributed by atoms with Crippen LogP contribution >= 0.6 is 24.0 Å². The van der Waals surface area contributed by atoms with Crippen molar-refractivity contribution in [3.8, 4) is 5.75 Å². The zero-order valence-electron chi connectivity index (χ0n) is 15.4. The van der Waals surface area contributed by atoms with Crippen molar-refractivity contribution in [2.45, 2.75) is 32.6 Å². The summed E-state index contributed by atoms with van der Waals surface area (Å²) in [6.45, 7) is 0.664. The van der Waals surface area contributed by atoms with E-state index in [0.29, 0.717) is 12.3 Å². The molecule has 1 atom stereocenters. The molecule has 1 aromatic heterocycles. The third-order valence-electron chi connectivity index (χ3n) is 3.68. The first kappa shape index (κ1) is 24.1. The average Bonchev–Trinajstić information content (AvgIpc) is 3.14. The molecule has 156 valence electrons. The van der Waals surface area contributed by atoms with Gasteiger partial charge >= 0.3 is 6.61 Å². The van der Waals surface area contributed by atoms with Gasteiger partial charge in [-0.25, -0.2) is 9.38 Å². The number of hydrogen-bond acceptors (Lipinski definition) is 4.